The van der Waals surface area contributed by atoms with Gasteiger partial charge in [0.15, 0.2) is 0 Å². The summed E-state index contributed by atoms with van der Waals surface area (Å²) in [7, 11) is 3.94. The predicted octanol–water partition coefficient (Wildman–Crippen LogP) is 2.15. The number of nitrogens with zero attached hydrogens (tertiary/aromatic N) is 1. The largest absolute Gasteiger partial charge is 0.478 e. The van der Waals surface area contributed by atoms with E-state index in [2.05, 4.69) is 10.6 Å². The van der Waals surface area contributed by atoms with Crippen molar-refractivity contribution >= 4 is 17.7 Å². The van der Waals surface area contributed by atoms with E-state index in [0.29, 0.717) is 5.69 Å². The molecule has 0 saturated heterocycles. The van der Waals surface area contributed by atoms with E-state index in [1.807, 2.05) is 25.9 Å². The Morgan fingerprint density at radius 3 is 2.57 bits per heavy atom. The van der Waals surface area contributed by atoms with Gasteiger partial charge in [0.2, 0.25) is 0 Å². The molecular formula is C15H23N3O3. The van der Waals surface area contributed by atoms with Gasteiger partial charge in [-0.1, -0.05) is 11.6 Å². The summed E-state index contributed by atoms with van der Waals surface area (Å²) in [6, 6.07) is 4.51. The van der Waals surface area contributed by atoms with Crippen molar-refractivity contribution in [2.75, 3.05) is 26.0 Å². The fourth-order valence-electron chi connectivity index (χ4n) is 1.85. The average molecular weight is 293 g/mol. The number of nitrogens with one attached hydrogen (secondary N) is 2. The predicted molar refractivity (Wildman–Crippen MR) is 82.9 cm³/mol. The zero-order valence-electron chi connectivity index (χ0n) is 12.9. The first-order valence-corrected chi connectivity index (χ1v) is 6.85. The Kier molecular flexibility index (Phi) is 6.17. The third kappa shape index (κ3) is 5.83. The van der Waals surface area contributed by atoms with Crippen LogP contribution in [0.15, 0.2) is 18.2 Å². The van der Waals surface area contributed by atoms with Crippen LogP contribution in [0, 0.1) is 6.92 Å². The summed E-state index contributed by atoms with van der Waals surface area (Å²) < 4.78 is 0. The lowest BCUT2D eigenvalue weighted by Crippen LogP contribution is -2.38. The molecule has 116 valence electrons. The molecule has 0 spiro atoms. The van der Waals surface area contributed by atoms with Crippen LogP contribution in [0.4, 0.5) is 10.5 Å². The fourth-order valence-corrected chi connectivity index (χ4v) is 1.85. The molecule has 1 rings (SSSR count). The van der Waals surface area contributed by atoms with Gasteiger partial charge in [-0.05, 0) is 53.0 Å². The number of anilines is 1. The summed E-state index contributed by atoms with van der Waals surface area (Å²) in [6.45, 7) is 4.59. The first-order chi connectivity index (χ1) is 9.79. The van der Waals surface area contributed by atoms with Gasteiger partial charge < -0.3 is 20.6 Å². The molecule has 0 aliphatic carbocycles. The highest BCUT2D eigenvalue weighted by atomic mass is 16.4. The minimum Gasteiger partial charge on any atom is -0.478 e. The summed E-state index contributed by atoms with van der Waals surface area (Å²) >= 11 is 0. The van der Waals surface area contributed by atoms with Crippen molar-refractivity contribution in [3.8, 4) is 0 Å². The minimum absolute atomic E-state index is 0.00567. The molecule has 0 aromatic heterocycles. The molecule has 1 aromatic carbocycles. The standard InChI is InChI=1S/C15H23N3O3/c1-10-5-6-13(12(9-10)14(19)20)17-15(21)16-11(2)7-8-18(3)4/h5-6,9,11H,7-8H2,1-4H3,(H,19,20)(H2,16,17,21). The van der Waals surface area contributed by atoms with E-state index in [9.17, 15) is 9.59 Å². The highest BCUT2D eigenvalue weighted by molar-refractivity contribution is 6.00. The van der Waals surface area contributed by atoms with Crippen LogP contribution < -0.4 is 10.6 Å². The number of carboxylic acid groups (broad SMARTS) is 1. The van der Waals surface area contributed by atoms with Crippen molar-refractivity contribution in [3.05, 3.63) is 29.3 Å². The van der Waals surface area contributed by atoms with E-state index in [1.54, 1.807) is 19.1 Å². The van der Waals surface area contributed by atoms with Gasteiger partial charge in [-0.3, -0.25) is 0 Å². The second kappa shape index (κ2) is 7.64. The lowest BCUT2D eigenvalue weighted by molar-refractivity contribution is 0.0698. The first-order valence-electron chi connectivity index (χ1n) is 6.85. The number of carbonyl (C=O) groups excluding carboxylic acids is 1. The molecule has 0 heterocycles. The lowest BCUT2D eigenvalue weighted by Gasteiger charge is -2.17. The molecule has 6 heteroatoms. The van der Waals surface area contributed by atoms with E-state index in [0.717, 1.165) is 18.5 Å². The molecule has 1 atom stereocenters. The maximum absolute atomic E-state index is 11.9. The number of aryl methyl sites for hydroxylation is 1. The van der Waals surface area contributed by atoms with Gasteiger partial charge in [0.1, 0.15) is 0 Å². The molecule has 21 heavy (non-hydrogen) atoms. The molecule has 0 aliphatic rings. The summed E-state index contributed by atoms with van der Waals surface area (Å²) in [4.78, 5) is 25.1. The summed E-state index contributed by atoms with van der Waals surface area (Å²) in [5, 5.41) is 14.5. The summed E-state index contributed by atoms with van der Waals surface area (Å²) in [6.07, 6.45) is 0.820. The van der Waals surface area contributed by atoms with Crippen LogP contribution in [0.1, 0.15) is 29.3 Å². The number of rotatable bonds is 6. The molecule has 3 N–H and O–H groups in total. The number of hydrogen-bond donors (Lipinski definition) is 3. The highest BCUT2D eigenvalue weighted by Gasteiger charge is 2.14. The lowest BCUT2D eigenvalue weighted by atomic mass is 10.1. The van der Waals surface area contributed by atoms with Crippen molar-refractivity contribution in [1.29, 1.82) is 0 Å². The zero-order valence-corrected chi connectivity index (χ0v) is 12.9. The Labute approximate surface area is 125 Å². The molecule has 1 unspecified atom stereocenters. The van der Waals surface area contributed by atoms with Crippen molar-refractivity contribution < 1.29 is 14.7 Å². The van der Waals surface area contributed by atoms with Crippen molar-refractivity contribution in [2.24, 2.45) is 0 Å². The van der Waals surface area contributed by atoms with Crippen molar-refractivity contribution in [3.63, 3.8) is 0 Å². The number of hydrogen-bond acceptors (Lipinski definition) is 3. The van der Waals surface area contributed by atoms with Crippen LogP contribution in [0.3, 0.4) is 0 Å². The molecule has 0 aliphatic heterocycles. The van der Waals surface area contributed by atoms with Crippen molar-refractivity contribution in [2.45, 2.75) is 26.3 Å². The van der Waals surface area contributed by atoms with E-state index >= 15 is 0 Å². The number of aromatic carboxylic acids is 1. The fraction of sp³-hybridized carbons (Fsp3) is 0.467. The molecule has 6 nitrogen and oxygen atoms in total. The SMILES string of the molecule is Cc1ccc(NC(=O)NC(C)CCN(C)C)c(C(=O)O)c1. The third-order valence-electron chi connectivity index (χ3n) is 3.04. The van der Waals surface area contributed by atoms with Gasteiger partial charge >= 0.3 is 12.0 Å². The summed E-state index contributed by atoms with van der Waals surface area (Å²) in [5.41, 5.74) is 1.22. The molecule has 1 aromatic rings. The van der Waals surface area contributed by atoms with E-state index < -0.39 is 12.0 Å². The second-order valence-corrected chi connectivity index (χ2v) is 5.45. The Hall–Kier alpha value is -2.08. The zero-order chi connectivity index (χ0) is 16.0. The van der Waals surface area contributed by atoms with Crippen LogP contribution in [-0.2, 0) is 0 Å². The van der Waals surface area contributed by atoms with Gasteiger partial charge in [0, 0.05) is 6.04 Å². The summed E-state index contributed by atoms with van der Waals surface area (Å²) in [5.74, 6) is -1.06. The quantitative estimate of drug-likeness (QED) is 0.750. The van der Waals surface area contributed by atoms with Gasteiger partial charge in [-0.25, -0.2) is 9.59 Å². The maximum Gasteiger partial charge on any atom is 0.337 e. The number of carbonyl (C=O) groups is 2. The average Bonchev–Trinajstić information content (AvgIpc) is 2.38. The highest BCUT2D eigenvalue weighted by Crippen LogP contribution is 2.17. The van der Waals surface area contributed by atoms with Gasteiger partial charge in [0.25, 0.3) is 0 Å². The molecule has 2 amide bonds. The molecular weight excluding hydrogens is 270 g/mol. The minimum atomic E-state index is -1.06. The Morgan fingerprint density at radius 1 is 1.33 bits per heavy atom. The normalized spacial score (nSPS) is 12.0. The van der Waals surface area contributed by atoms with Crippen LogP contribution in [0.2, 0.25) is 0 Å². The van der Waals surface area contributed by atoms with E-state index in [-0.39, 0.29) is 11.6 Å². The van der Waals surface area contributed by atoms with Crippen LogP contribution >= 0.6 is 0 Å². The van der Waals surface area contributed by atoms with Gasteiger partial charge in [0.05, 0.1) is 11.3 Å². The Balaban J connectivity index is 2.65. The molecule has 0 fully saturated rings. The maximum atomic E-state index is 11.9. The Bertz CT molecular complexity index is 515. The number of benzene rings is 1. The number of amides is 2. The van der Waals surface area contributed by atoms with E-state index in [1.165, 1.54) is 6.07 Å². The number of carboxylic acids is 1. The monoisotopic (exact) mass is 293 g/mol. The third-order valence-corrected chi connectivity index (χ3v) is 3.04. The molecule has 0 radical (unpaired) electrons. The number of urea groups is 1. The molecule has 0 bridgehead atoms. The first kappa shape index (κ1) is 17.0. The van der Waals surface area contributed by atoms with Crippen LogP contribution in [0.25, 0.3) is 0 Å². The van der Waals surface area contributed by atoms with Gasteiger partial charge in [-0.15, -0.1) is 0 Å². The van der Waals surface area contributed by atoms with Crippen LogP contribution in [-0.4, -0.2) is 48.7 Å². The van der Waals surface area contributed by atoms with E-state index in [4.69, 9.17) is 5.11 Å². The smallest absolute Gasteiger partial charge is 0.337 e. The van der Waals surface area contributed by atoms with Crippen molar-refractivity contribution in [1.82, 2.24) is 10.2 Å². The second-order valence-electron chi connectivity index (χ2n) is 5.45. The Morgan fingerprint density at radius 2 is 2.00 bits per heavy atom. The molecule has 0 saturated carbocycles. The van der Waals surface area contributed by atoms with Gasteiger partial charge in [-0.2, -0.15) is 0 Å². The topological polar surface area (TPSA) is 81.7 Å². The van der Waals surface area contributed by atoms with Crippen LogP contribution in [0.5, 0.6) is 0 Å².